The van der Waals surface area contributed by atoms with Crippen molar-refractivity contribution in [1.82, 2.24) is 9.97 Å². The standard InChI is InChI=1S/C30H50N2O/c1-3-5-6-7-23-8-10-24(11-9-23)25-12-14-26(15-13-25)27-16-18-28(19-17-27)30-31-21-29(22-32-30)33-20-4-2/h21-28H,3-20H2,1-2H3. The lowest BCUT2D eigenvalue weighted by Crippen LogP contribution is -2.29. The molecule has 0 atom stereocenters. The lowest BCUT2D eigenvalue weighted by molar-refractivity contribution is 0.108. The second-order valence-electron chi connectivity index (χ2n) is 11.7. The van der Waals surface area contributed by atoms with E-state index in [1.54, 1.807) is 12.8 Å². The van der Waals surface area contributed by atoms with E-state index in [2.05, 4.69) is 23.8 Å². The van der Waals surface area contributed by atoms with Crippen molar-refractivity contribution in [3.8, 4) is 5.75 Å². The van der Waals surface area contributed by atoms with Crippen molar-refractivity contribution in [1.29, 1.82) is 0 Å². The van der Waals surface area contributed by atoms with E-state index < -0.39 is 0 Å². The van der Waals surface area contributed by atoms with Crippen LogP contribution in [0.3, 0.4) is 0 Å². The summed E-state index contributed by atoms with van der Waals surface area (Å²) in [6, 6.07) is 0. The van der Waals surface area contributed by atoms with Crippen molar-refractivity contribution in [2.24, 2.45) is 29.6 Å². The maximum atomic E-state index is 5.65. The van der Waals surface area contributed by atoms with E-state index >= 15 is 0 Å². The molecule has 0 unspecified atom stereocenters. The fraction of sp³-hybridized carbons (Fsp3) is 0.867. The third-order valence-electron chi connectivity index (χ3n) is 9.52. The molecule has 4 rings (SSSR count). The SMILES string of the molecule is CCCCCC1CCC(C2CCC(C3CCC(c4ncc(OCCC)cn4)CC3)CC2)CC1. The van der Waals surface area contributed by atoms with Gasteiger partial charge in [-0.3, -0.25) is 0 Å². The van der Waals surface area contributed by atoms with Crippen LogP contribution < -0.4 is 4.74 Å². The highest BCUT2D eigenvalue weighted by Crippen LogP contribution is 2.47. The van der Waals surface area contributed by atoms with Gasteiger partial charge >= 0.3 is 0 Å². The van der Waals surface area contributed by atoms with Gasteiger partial charge in [-0.15, -0.1) is 0 Å². The van der Waals surface area contributed by atoms with Gasteiger partial charge in [0.05, 0.1) is 19.0 Å². The fourth-order valence-corrected chi connectivity index (χ4v) is 7.40. The molecule has 3 heteroatoms. The monoisotopic (exact) mass is 454 g/mol. The van der Waals surface area contributed by atoms with Crippen molar-refractivity contribution in [3.63, 3.8) is 0 Å². The maximum Gasteiger partial charge on any atom is 0.155 e. The first-order valence-electron chi connectivity index (χ1n) is 14.7. The highest BCUT2D eigenvalue weighted by Gasteiger charge is 2.35. The molecule has 0 aromatic carbocycles. The minimum atomic E-state index is 0.560. The lowest BCUT2D eigenvalue weighted by Gasteiger charge is -2.41. The van der Waals surface area contributed by atoms with Crippen molar-refractivity contribution in [2.45, 2.75) is 129 Å². The summed E-state index contributed by atoms with van der Waals surface area (Å²) >= 11 is 0. The smallest absolute Gasteiger partial charge is 0.155 e. The quantitative estimate of drug-likeness (QED) is 0.331. The van der Waals surface area contributed by atoms with E-state index in [1.807, 2.05) is 12.4 Å². The van der Waals surface area contributed by atoms with Crippen LogP contribution in [-0.2, 0) is 0 Å². The average molecular weight is 455 g/mol. The number of unbranched alkanes of at least 4 members (excludes halogenated alkanes) is 2. The molecular weight excluding hydrogens is 404 g/mol. The van der Waals surface area contributed by atoms with E-state index in [9.17, 15) is 0 Å². The largest absolute Gasteiger partial charge is 0.490 e. The minimum Gasteiger partial charge on any atom is -0.490 e. The van der Waals surface area contributed by atoms with Gasteiger partial charge in [0.25, 0.3) is 0 Å². The molecule has 186 valence electrons. The summed E-state index contributed by atoms with van der Waals surface area (Å²) in [4.78, 5) is 9.29. The van der Waals surface area contributed by atoms with Gasteiger partial charge < -0.3 is 4.74 Å². The Morgan fingerprint density at radius 2 is 1.18 bits per heavy atom. The van der Waals surface area contributed by atoms with Crippen molar-refractivity contribution >= 4 is 0 Å². The third-order valence-corrected chi connectivity index (χ3v) is 9.52. The van der Waals surface area contributed by atoms with E-state index in [0.29, 0.717) is 5.92 Å². The zero-order valence-electron chi connectivity index (χ0n) is 21.6. The summed E-state index contributed by atoms with van der Waals surface area (Å²) in [6.45, 7) is 5.20. The first-order chi connectivity index (χ1) is 16.3. The topological polar surface area (TPSA) is 35.0 Å². The Hall–Kier alpha value is -1.12. The van der Waals surface area contributed by atoms with Crippen LogP contribution in [0.1, 0.15) is 135 Å². The average Bonchev–Trinajstić information content (AvgIpc) is 2.89. The van der Waals surface area contributed by atoms with Crippen LogP contribution in [0.25, 0.3) is 0 Å². The molecule has 3 nitrogen and oxygen atoms in total. The van der Waals surface area contributed by atoms with Crippen LogP contribution in [0.5, 0.6) is 5.75 Å². The van der Waals surface area contributed by atoms with Gasteiger partial charge in [-0.1, -0.05) is 52.4 Å². The molecule has 3 fully saturated rings. The minimum absolute atomic E-state index is 0.560. The van der Waals surface area contributed by atoms with Crippen LogP contribution in [0.15, 0.2) is 12.4 Å². The predicted molar refractivity (Wildman–Crippen MR) is 138 cm³/mol. The Bertz CT molecular complexity index is 650. The molecule has 3 saturated carbocycles. The van der Waals surface area contributed by atoms with Gasteiger partial charge in [-0.25, -0.2) is 9.97 Å². The molecule has 0 amide bonds. The van der Waals surface area contributed by atoms with Crippen LogP contribution in [0.4, 0.5) is 0 Å². The summed E-state index contributed by atoms with van der Waals surface area (Å²) in [7, 11) is 0. The Labute approximate surface area is 203 Å². The number of rotatable bonds is 10. The fourth-order valence-electron chi connectivity index (χ4n) is 7.40. The summed E-state index contributed by atoms with van der Waals surface area (Å²) in [5, 5.41) is 0. The molecule has 3 aliphatic rings. The lowest BCUT2D eigenvalue weighted by atomic mass is 9.65. The Balaban J connectivity index is 1.14. The molecule has 1 aromatic heterocycles. The summed E-state index contributed by atoms with van der Waals surface area (Å²) in [6.07, 6.45) is 28.1. The molecular formula is C30H50N2O. The Morgan fingerprint density at radius 3 is 1.70 bits per heavy atom. The first-order valence-corrected chi connectivity index (χ1v) is 14.7. The Morgan fingerprint density at radius 1 is 0.667 bits per heavy atom. The van der Waals surface area contributed by atoms with Crippen LogP contribution in [0, 0.1) is 29.6 Å². The van der Waals surface area contributed by atoms with E-state index in [1.165, 1.54) is 89.9 Å². The predicted octanol–water partition coefficient (Wildman–Crippen LogP) is 8.73. The normalized spacial score (nSPS) is 33.0. The zero-order valence-corrected chi connectivity index (χ0v) is 21.6. The number of ether oxygens (including phenoxy) is 1. The van der Waals surface area contributed by atoms with Gasteiger partial charge in [-0.05, 0) is 100 Å². The van der Waals surface area contributed by atoms with E-state index in [0.717, 1.165) is 54.2 Å². The molecule has 1 heterocycles. The second-order valence-corrected chi connectivity index (χ2v) is 11.7. The Kier molecular flexibility index (Phi) is 9.92. The summed E-state index contributed by atoms with van der Waals surface area (Å²) in [5.74, 6) is 7.56. The van der Waals surface area contributed by atoms with E-state index in [-0.39, 0.29) is 0 Å². The highest BCUT2D eigenvalue weighted by atomic mass is 16.5. The van der Waals surface area contributed by atoms with Crippen molar-refractivity contribution < 1.29 is 4.74 Å². The van der Waals surface area contributed by atoms with Gasteiger partial charge in [0.1, 0.15) is 5.82 Å². The molecule has 0 aliphatic heterocycles. The molecule has 0 N–H and O–H groups in total. The van der Waals surface area contributed by atoms with Gasteiger partial charge in [0.15, 0.2) is 5.75 Å². The van der Waals surface area contributed by atoms with Crippen LogP contribution in [0.2, 0.25) is 0 Å². The number of hydrogen-bond donors (Lipinski definition) is 0. The number of aromatic nitrogens is 2. The highest BCUT2D eigenvalue weighted by molar-refractivity contribution is 5.14. The summed E-state index contributed by atoms with van der Waals surface area (Å²) in [5.41, 5.74) is 0. The maximum absolute atomic E-state index is 5.65. The van der Waals surface area contributed by atoms with Gasteiger partial charge in [0, 0.05) is 5.92 Å². The van der Waals surface area contributed by atoms with Crippen LogP contribution >= 0.6 is 0 Å². The van der Waals surface area contributed by atoms with E-state index in [4.69, 9.17) is 4.74 Å². The number of hydrogen-bond acceptors (Lipinski definition) is 3. The van der Waals surface area contributed by atoms with Gasteiger partial charge in [0.2, 0.25) is 0 Å². The summed E-state index contributed by atoms with van der Waals surface area (Å²) < 4.78 is 5.65. The molecule has 0 spiro atoms. The zero-order chi connectivity index (χ0) is 22.9. The molecule has 3 aliphatic carbocycles. The molecule has 33 heavy (non-hydrogen) atoms. The van der Waals surface area contributed by atoms with Crippen LogP contribution in [-0.4, -0.2) is 16.6 Å². The van der Waals surface area contributed by atoms with Crippen molar-refractivity contribution in [2.75, 3.05) is 6.61 Å². The first kappa shape index (κ1) is 25.0. The van der Waals surface area contributed by atoms with Gasteiger partial charge in [-0.2, -0.15) is 0 Å². The van der Waals surface area contributed by atoms with Crippen molar-refractivity contribution in [3.05, 3.63) is 18.2 Å². The second kappa shape index (κ2) is 13.1. The molecule has 1 aromatic rings. The molecule has 0 bridgehead atoms. The molecule has 0 radical (unpaired) electrons. The third kappa shape index (κ3) is 7.18. The molecule has 0 saturated heterocycles. The number of nitrogens with zero attached hydrogens (tertiary/aromatic N) is 2.